The molecule has 1 rings (SSSR count). The van der Waals surface area contributed by atoms with E-state index in [1.165, 1.54) is 11.4 Å². The van der Waals surface area contributed by atoms with Crippen molar-refractivity contribution < 1.29 is 18.3 Å². The number of hydrogen-bond acceptors (Lipinski definition) is 4. The molecule has 0 amide bonds. The van der Waals surface area contributed by atoms with Crippen LogP contribution in [0.15, 0.2) is 10.3 Å². The first-order chi connectivity index (χ1) is 8.82. The summed E-state index contributed by atoms with van der Waals surface area (Å²) in [5.41, 5.74) is 0.491. The molecule has 0 aliphatic heterocycles. The van der Waals surface area contributed by atoms with Gasteiger partial charge in [-0.05, 0) is 24.3 Å². The van der Waals surface area contributed by atoms with E-state index in [2.05, 4.69) is 0 Å². The van der Waals surface area contributed by atoms with Gasteiger partial charge < -0.3 is 5.11 Å². The third-order valence-electron chi connectivity index (χ3n) is 2.86. The fraction of sp³-hybridized carbons (Fsp3) is 0.583. The Morgan fingerprint density at radius 2 is 2.05 bits per heavy atom. The highest BCUT2D eigenvalue weighted by atomic mass is 32.2. The number of carboxylic acids is 1. The van der Waals surface area contributed by atoms with E-state index in [1.807, 2.05) is 6.92 Å². The summed E-state index contributed by atoms with van der Waals surface area (Å²) >= 11 is 0.952. The Kier molecular flexibility index (Phi) is 5.51. The molecule has 0 aliphatic carbocycles. The summed E-state index contributed by atoms with van der Waals surface area (Å²) in [6, 6.07) is 0. The number of thiophene rings is 1. The molecule has 1 aromatic heterocycles. The summed E-state index contributed by atoms with van der Waals surface area (Å²) in [6.45, 7) is 4.07. The van der Waals surface area contributed by atoms with E-state index in [1.54, 1.807) is 12.3 Å². The molecule has 0 aromatic carbocycles. The summed E-state index contributed by atoms with van der Waals surface area (Å²) in [4.78, 5) is 10.9. The van der Waals surface area contributed by atoms with Gasteiger partial charge in [0, 0.05) is 13.6 Å². The molecule has 0 radical (unpaired) electrons. The van der Waals surface area contributed by atoms with E-state index in [9.17, 15) is 13.2 Å². The number of hydrogen-bond donors (Lipinski definition) is 1. The number of rotatable bonds is 7. The van der Waals surface area contributed by atoms with Crippen LogP contribution in [0.3, 0.4) is 0 Å². The average Bonchev–Trinajstić information content (AvgIpc) is 2.72. The smallest absolute Gasteiger partial charge is 0.347 e. The highest BCUT2D eigenvalue weighted by Gasteiger charge is 2.29. The molecule has 5 nitrogen and oxygen atoms in total. The average molecular weight is 305 g/mol. The number of carbonyl (C=O) groups is 1. The zero-order valence-electron chi connectivity index (χ0n) is 11.3. The maximum absolute atomic E-state index is 12.4. The van der Waals surface area contributed by atoms with Crippen molar-refractivity contribution in [2.45, 2.75) is 38.0 Å². The van der Waals surface area contributed by atoms with Crippen molar-refractivity contribution in [3.05, 3.63) is 15.8 Å². The molecule has 0 fully saturated rings. The van der Waals surface area contributed by atoms with E-state index in [-0.39, 0.29) is 9.77 Å². The van der Waals surface area contributed by atoms with Crippen molar-refractivity contribution in [1.29, 1.82) is 0 Å². The molecule has 0 saturated heterocycles. The van der Waals surface area contributed by atoms with Crippen molar-refractivity contribution >= 4 is 27.3 Å². The van der Waals surface area contributed by atoms with Gasteiger partial charge in [0.15, 0.2) is 0 Å². The molecule has 0 bridgehead atoms. The second-order valence-electron chi connectivity index (χ2n) is 4.42. The largest absolute Gasteiger partial charge is 0.477 e. The third kappa shape index (κ3) is 3.55. The fourth-order valence-electron chi connectivity index (χ4n) is 1.76. The molecule has 0 saturated carbocycles. The van der Waals surface area contributed by atoms with Crippen molar-refractivity contribution in [1.82, 2.24) is 4.31 Å². The van der Waals surface area contributed by atoms with E-state index in [0.717, 1.165) is 30.6 Å². The van der Waals surface area contributed by atoms with Crippen molar-refractivity contribution in [2.75, 3.05) is 13.6 Å². The Hall–Kier alpha value is -0.920. The summed E-state index contributed by atoms with van der Waals surface area (Å²) in [7, 11) is -2.23. The Balaban J connectivity index is 3.06. The highest BCUT2D eigenvalue weighted by molar-refractivity contribution is 7.89. The summed E-state index contributed by atoms with van der Waals surface area (Å²) < 4.78 is 26.0. The SMILES string of the molecule is CCCCCN(C)S(=O)(=O)c1c(C)csc1C(=O)O. The minimum Gasteiger partial charge on any atom is -0.477 e. The molecule has 0 aliphatic rings. The van der Waals surface area contributed by atoms with Gasteiger partial charge >= 0.3 is 5.97 Å². The van der Waals surface area contributed by atoms with Gasteiger partial charge in [0.1, 0.15) is 9.77 Å². The van der Waals surface area contributed by atoms with Gasteiger partial charge in [0.25, 0.3) is 0 Å². The quantitative estimate of drug-likeness (QED) is 0.786. The van der Waals surface area contributed by atoms with Crippen molar-refractivity contribution in [2.24, 2.45) is 0 Å². The lowest BCUT2D eigenvalue weighted by Gasteiger charge is -2.17. The van der Waals surface area contributed by atoms with Crippen LogP contribution in [0.2, 0.25) is 0 Å². The van der Waals surface area contributed by atoms with Crippen molar-refractivity contribution in [3.63, 3.8) is 0 Å². The number of carboxylic acid groups (broad SMARTS) is 1. The lowest BCUT2D eigenvalue weighted by molar-refractivity contribution is 0.0698. The second kappa shape index (κ2) is 6.49. The van der Waals surface area contributed by atoms with E-state index in [4.69, 9.17) is 5.11 Å². The van der Waals surface area contributed by atoms with Gasteiger partial charge in [-0.25, -0.2) is 17.5 Å². The van der Waals surface area contributed by atoms with Gasteiger partial charge in [0.05, 0.1) is 0 Å². The Morgan fingerprint density at radius 3 is 2.58 bits per heavy atom. The Labute approximate surface area is 117 Å². The van der Waals surface area contributed by atoms with Gasteiger partial charge in [0.2, 0.25) is 10.0 Å². The number of unbranched alkanes of at least 4 members (excludes halogenated alkanes) is 2. The number of aryl methyl sites for hydroxylation is 1. The molecule has 19 heavy (non-hydrogen) atoms. The Bertz CT molecular complexity index is 548. The summed E-state index contributed by atoms with van der Waals surface area (Å²) in [6.07, 6.45) is 2.73. The maximum Gasteiger partial charge on any atom is 0.347 e. The van der Waals surface area contributed by atoms with Crippen LogP contribution in [0, 0.1) is 6.92 Å². The number of aromatic carboxylic acids is 1. The normalized spacial score (nSPS) is 12.0. The first-order valence-electron chi connectivity index (χ1n) is 6.10. The minimum absolute atomic E-state index is 0.0657. The topological polar surface area (TPSA) is 74.7 Å². The standard InChI is InChI=1S/C12H19NO4S2/c1-4-5-6-7-13(3)19(16,17)11-9(2)8-18-10(11)12(14)15/h8H,4-7H2,1-3H3,(H,14,15). The fourth-order valence-corrected chi connectivity index (χ4v) is 4.55. The van der Waals surface area contributed by atoms with Crippen LogP contribution in [0.5, 0.6) is 0 Å². The van der Waals surface area contributed by atoms with Gasteiger partial charge in [-0.2, -0.15) is 0 Å². The predicted molar refractivity (Wildman–Crippen MR) is 75.4 cm³/mol. The molecule has 1 aromatic rings. The van der Waals surface area contributed by atoms with E-state index < -0.39 is 16.0 Å². The molecule has 1 N–H and O–H groups in total. The van der Waals surface area contributed by atoms with Crippen LogP contribution in [-0.4, -0.2) is 37.4 Å². The van der Waals surface area contributed by atoms with Crippen LogP contribution in [0.4, 0.5) is 0 Å². The van der Waals surface area contributed by atoms with Gasteiger partial charge in [-0.15, -0.1) is 11.3 Å². The first kappa shape index (κ1) is 16.1. The van der Waals surface area contributed by atoms with Gasteiger partial charge in [-0.3, -0.25) is 0 Å². The van der Waals surface area contributed by atoms with Crippen LogP contribution < -0.4 is 0 Å². The lowest BCUT2D eigenvalue weighted by Crippen LogP contribution is -2.29. The number of nitrogens with zero attached hydrogens (tertiary/aromatic N) is 1. The summed E-state index contributed by atoms with van der Waals surface area (Å²) in [5, 5.41) is 10.6. The Morgan fingerprint density at radius 1 is 1.42 bits per heavy atom. The summed E-state index contributed by atoms with van der Waals surface area (Å²) in [5.74, 6) is -1.20. The van der Waals surface area contributed by atoms with Crippen molar-refractivity contribution in [3.8, 4) is 0 Å². The molecule has 108 valence electrons. The minimum atomic E-state index is -3.72. The first-order valence-corrected chi connectivity index (χ1v) is 8.42. The molecule has 0 spiro atoms. The predicted octanol–water partition coefficient (Wildman–Crippen LogP) is 2.57. The van der Waals surface area contributed by atoms with Crippen LogP contribution in [0.1, 0.15) is 41.4 Å². The molecule has 0 atom stereocenters. The molecular formula is C12H19NO4S2. The number of sulfonamides is 1. The van der Waals surface area contributed by atoms with Crippen LogP contribution in [0.25, 0.3) is 0 Å². The third-order valence-corrected chi connectivity index (χ3v) is 6.12. The zero-order valence-corrected chi connectivity index (χ0v) is 13.0. The van der Waals surface area contributed by atoms with Gasteiger partial charge in [-0.1, -0.05) is 19.8 Å². The molecule has 7 heteroatoms. The maximum atomic E-state index is 12.4. The molecule has 1 heterocycles. The monoisotopic (exact) mass is 305 g/mol. The van der Waals surface area contributed by atoms with Crippen LogP contribution >= 0.6 is 11.3 Å². The lowest BCUT2D eigenvalue weighted by atomic mass is 10.2. The zero-order chi connectivity index (χ0) is 14.6. The second-order valence-corrected chi connectivity index (χ2v) is 7.28. The van der Waals surface area contributed by atoms with E-state index in [0.29, 0.717) is 12.1 Å². The highest BCUT2D eigenvalue weighted by Crippen LogP contribution is 2.29. The molecular weight excluding hydrogens is 286 g/mol. The van der Waals surface area contributed by atoms with Crippen LogP contribution in [-0.2, 0) is 10.0 Å². The van der Waals surface area contributed by atoms with E-state index >= 15 is 0 Å². The molecule has 0 unspecified atom stereocenters.